The molecule has 1 aromatic carbocycles. The van der Waals surface area contributed by atoms with E-state index in [4.69, 9.17) is 0 Å². The third-order valence-corrected chi connectivity index (χ3v) is 4.03. The van der Waals surface area contributed by atoms with Crippen molar-refractivity contribution in [2.45, 2.75) is 13.0 Å². The average Bonchev–Trinajstić information content (AvgIpc) is 2.83. The summed E-state index contributed by atoms with van der Waals surface area (Å²) in [6, 6.07) is 11.8. The lowest BCUT2D eigenvalue weighted by atomic mass is 9.99. The highest BCUT2D eigenvalue weighted by Gasteiger charge is 2.16. The molecule has 1 N–H and O–H groups in total. The average molecular weight is 255 g/mol. The summed E-state index contributed by atoms with van der Waals surface area (Å²) in [4.78, 5) is 5.48. The minimum Gasteiger partial charge on any atom is -0.384 e. The van der Waals surface area contributed by atoms with E-state index in [1.54, 1.807) is 17.5 Å². The molecule has 0 aliphatic carbocycles. The van der Waals surface area contributed by atoms with E-state index < -0.39 is 6.10 Å². The van der Waals surface area contributed by atoms with Crippen LogP contribution in [0.4, 0.5) is 0 Å². The normalized spacial score (nSPS) is 12.8. The van der Waals surface area contributed by atoms with E-state index in [0.29, 0.717) is 0 Å². The minimum absolute atomic E-state index is 0.579. The number of thiophene rings is 1. The molecule has 1 atom stereocenters. The van der Waals surface area contributed by atoms with Crippen molar-refractivity contribution in [1.82, 2.24) is 4.98 Å². The van der Waals surface area contributed by atoms with Crippen molar-refractivity contribution in [2.75, 3.05) is 0 Å². The monoisotopic (exact) mass is 255 g/mol. The molecule has 0 bridgehead atoms. The number of benzene rings is 1. The van der Waals surface area contributed by atoms with Crippen molar-refractivity contribution >= 4 is 22.2 Å². The van der Waals surface area contributed by atoms with Gasteiger partial charge in [-0.2, -0.15) is 0 Å². The summed E-state index contributed by atoms with van der Waals surface area (Å²) < 4.78 is 0. The Morgan fingerprint density at radius 1 is 1.11 bits per heavy atom. The number of hydrogen-bond acceptors (Lipinski definition) is 3. The van der Waals surface area contributed by atoms with Gasteiger partial charge in [-0.25, -0.2) is 0 Å². The van der Waals surface area contributed by atoms with Gasteiger partial charge in [-0.15, -0.1) is 11.3 Å². The third-order valence-electron chi connectivity index (χ3n) is 3.17. The second-order valence-corrected chi connectivity index (χ2v) is 5.37. The molecule has 2 heterocycles. The zero-order valence-electron chi connectivity index (χ0n) is 10.00. The SMILES string of the molecule is Cc1sccc1C(O)c1ccnc2ccccc12. The topological polar surface area (TPSA) is 33.1 Å². The lowest BCUT2D eigenvalue weighted by molar-refractivity contribution is 0.221. The Morgan fingerprint density at radius 2 is 1.94 bits per heavy atom. The molecular weight excluding hydrogens is 242 g/mol. The Labute approximate surface area is 110 Å². The van der Waals surface area contributed by atoms with Gasteiger partial charge in [0.2, 0.25) is 0 Å². The van der Waals surface area contributed by atoms with Gasteiger partial charge < -0.3 is 5.11 Å². The first-order valence-corrected chi connectivity index (χ1v) is 6.71. The highest BCUT2D eigenvalue weighted by atomic mass is 32.1. The van der Waals surface area contributed by atoms with Gasteiger partial charge in [-0.1, -0.05) is 18.2 Å². The smallest absolute Gasteiger partial charge is 0.106 e. The van der Waals surface area contributed by atoms with Crippen LogP contribution in [0, 0.1) is 6.92 Å². The van der Waals surface area contributed by atoms with Crippen LogP contribution in [0.25, 0.3) is 10.9 Å². The van der Waals surface area contributed by atoms with Crippen LogP contribution in [0.1, 0.15) is 22.1 Å². The summed E-state index contributed by atoms with van der Waals surface area (Å²) in [5, 5.41) is 13.6. The van der Waals surface area contributed by atoms with Gasteiger partial charge in [0.05, 0.1) is 5.52 Å². The molecule has 0 radical (unpaired) electrons. The quantitative estimate of drug-likeness (QED) is 0.757. The van der Waals surface area contributed by atoms with E-state index in [-0.39, 0.29) is 0 Å². The van der Waals surface area contributed by atoms with Crippen molar-refractivity contribution in [3.8, 4) is 0 Å². The maximum Gasteiger partial charge on any atom is 0.106 e. The highest BCUT2D eigenvalue weighted by molar-refractivity contribution is 7.10. The van der Waals surface area contributed by atoms with Crippen molar-refractivity contribution in [1.29, 1.82) is 0 Å². The van der Waals surface area contributed by atoms with Gasteiger partial charge in [0.1, 0.15) is 6.10 Å². The second-order valence-electron chi connectivity index (χ2n) is 4.25. The number of aromatic nitrogens is 1. The van der Waals surface area contributed by atoms with Gasteiger partial charge in [0, 0.05) is 16.5 Å². The number of para-hydroxylation sites is 1. The maximum absolute atomic E-state index is 10.5. The highest BCUT2D eigenvalue weighted by Crippen LogP contribution is 2.31. The van der Waals surface area contributed by atoms with Crippen molar-refractivity contribution < 1.29 is 5.11 Å². The summed E-state index contributed by atoms with van der Waals surface area (Å²) in [6.07, 6.45) is 1.17. The van der Waals surface area contributed by atoms with Crippen LogP contribution in [0.15, 0.2) is 48.0 Å². The standard InChI is InChI=1S/C15H13NOS/c1-10-11(7-9-18-10)15(17)13-6-8-16-14-5-3-2-4-12(13)14/h2-9,15,17H,1H3. The first-order valence-electron chi connectivity index (χ1n) is 5.83. The zero-order chi connectivity index (χ0) is 12.5. The van der Waals surface area contributed by atoms with E-state index in [9.17, 15) is 5.11 Å². The first-order chi connectivity index (χ1) is 8.77. The number of nitrogens with zero attached hydrogens (tertiary/aromatic N) is 1. The fraction of sp³-hybridized carbons (Fsp3) is 0.133. The Hall–Kier alpha value is -1.71. The molecule has 18 heavy (non-hydrogen) atoms. The van der Waals surface area contributed by atoms with Crippen LogP contribution in [0.3, 0.4) is 0 Å². The Balaban J connectivity index is 2.18. The van der Waals surface area contributed by atoms with Crippen LogP contribution >= 0.6 is 11.3 Å². The van der Waals surface area contributed by atoms with E-state index in [1.165, 1.54) is 0 Å². The summed E-state index contributed by atoms with van der Waals surface area (Å²) >= 11 is 1.66. The first kappa shape index (κ1) is 11.4. The Morgan fingerprint density at radius 3 is 2.72 bits per heavy atom. The number of hydrogen-bond donors (Lipinski definition) is 1. The maximum atomic E-state index is 10.5. The molecule has 2 nitrogen and oxygen atoms in total. The summed E-state index contributed by atoms with van der Waals surface area (Å²) in [7, 11) is 0. The van der Waals surface area contributed by atoms with Gasteiger partial charge in [-0.3, -0.25) is 4.98 Å². The molecule has 90 valence electrons. The number of pyridine rings is 1. The van der Waals surface area contributed by atoms with E-state index in [0.717, 1.165) is 26.9 Å². The second kappa shape index (κ2) is 4.52. The summed E-state index contributed by atoms with van der Waals surface area (Å²) in [6.45, 7) is 2.03. The summed E-state index contributed by atoms with van der Waals surface area (Å²) in [5.41, 5.74) is 2.82. The van der Waals surface area contributed by atoms with E-state index >= 15 is 0 Å². The van der Waals surface area contributed by atoms with Crippen LogP contribution in [-0.4, -0.2) is 10.1 Å². The molecule has 0 aliphatic heterocycles. The largest absolute Gasteiger partial charge is 0.384 e. The Kier molecular flexibility index (Phi) is 2.86. The van der Waals surface area contributed by atoms with Crippen LogP contribution in [0.2, 0.25) is 0 Å². The predicted molar refractivity (Wildman–Crippen MR) is 74.9 cm³/mol. The number of rotatable bonds is 2. The van der Waals surface area contributed by atoms with E-state index in [1.807, 2.05) is 48.7 Å². The fourth-order valence-corrected chi connectivity index (χ4v) is 2.94. The van der Waals surface area contributed by atoms with Crippen LogP contribution in [0.5, 0.6) is 0 Å². The number of aryl methyl sites for hydroxylation is 1. The Bertz CT molecular complexity index is 684. The minimum atomic E-state index is -0.579. The molecule has 1 unspecified atom stereocenters. The summed E-state index contributed by atoms with van der Waals surface area (Å²) in [5.74, 6) is 0. The van der Waals surface area contributed by atoms with Crippen molar-refractivity contribution in [2.24, 2.45) is 0 Å². The number of aliphatic hydroxyl groups excluding tert-OH is 1. The molecule has 0 spiro atoms. The van der Waals surface area contributed by atoms with Crippen molar-refractivity contribution in [3.05, 3.63) is 64.0 Å². The lowest BCUT2D eigenvalue weighted by Gasteiger charge is -2.13. The van der Waals surface area contributed by atoms with Crippen molar-refractivity contribution in [3.63, 3.8) is 0 Å². The van der Waals surface area contributed by atoms with E-state index in [2.05, 4.69) is 4.98 Å². The molecule has 3 rings (SSSR count). The molecule has 2 aromatic heterocycles. The number of fused-ring (bicyclic) bond motifs is 1. The van der Waals surface area contributed by atoms with Crippen LogP contribution < -0.4 is 0 Å². The molecule has 0 fully saturated rings. The molecule has 0 saturated carbocycles. The molecule has 0 aliphatic rings. The molecule has 0 saturated heterocycles. The van der Waals surface area contributed by atoms with Gasteiger partial charge in [0.25, 0.3) is 0 Å². The molecule has 3 heteroatoms. The van der Waals surface area contributed by atoms with Gasteiger partial charge in [0.15, 0.2) is 0 Å². The third kappa shape index (κ3) is 1.82. The fourth-order valence-electron chi connectivity index (χ4n) is 2.20. The zero-order valence-corrected chi connectivity index (χ0v) is 10.8. The van der Waals surface area contributed by atoms with Crippen LogP contribution in [-0.2, 0) is 0 Å². The predicted octanol–water partition coefficient (Wildman–Crippen LogP) is 3.69. The molecule has 3 aromatic rings. The van der Waals surface area contributed by atoms with Gasteiger partial charge >= 0.3 is 0 Å². The van der Waals surface area contributed by atoms with Gasteiger partial charge in [-0.05, 0) is 41.6 Å². The lowest BCUT2D eigenvalue weighted by Crippen LogP contribution is -2.01. The number of aliphatic hydroxyl groups is 1. The molecular formula is C15H13NOS. The molecule has 0 amide bonds.